The molecular formula is C19H26N4O3S. The summed E-state index contributed by atoms with van der Waals surface area (Å²) in [7, 11) is -3.56. The highest BCUT2D eigenvalue weighted by Gasteiger charge is 2.28. The quantitative estimate of drug-likeness (QED) is 0.735. The number of carbonyl (C=O) groups excluding carboxylic acids is 1. The molecule has 3 rings (SSSR count). The maximum Gasteiger partial charge on any atom is 0.251 e. The monoisotopic (exact) mass is 390 g/mol. The van der Waals surface area contributed by atoms with Crippen LogP contribution in [0.1, 0.15) is 41.6 Å². The maximum atomic E-state index is 13.0. The van der Waals surface area contributed by atoms with E-state index >= 15 is 0 Å². The number of aromatic nitrogens is 2. The maximum absolute atomic E-state index is 13.0. The van der Waals surface area contributed by atoms with Crippen molar-refractivity contribution in [3.63, 3.8) is 0 Å². The van der Waals surface area contributed by atoms with Gasteiger partial charge in [0.15, 0.2) is 0 Å². The molecule has 0 saturated carbocycles. The highest BCUT2D eigenvalue weighted by atomic mass is 32.2. The Labute approximate surface area is 160 Å². The number of amides is 1. The fraction of sp³-hybridized carbons (Fsp3) is 0.474. The minimum Gasteiger partial charge on any atom is -0.352 e. The summed E-state index contributed by atoms with van der Waals surface area (Å²) in [4.78, 5) is 12.7. The van der Waals surface area contributed by atoms with E-state index in [1.54, 1.807) is 29.9 Å². The van der Waals surface area contributed by atoms with Crippen LogP contribution in [0.15, 0.2) is 41.6 Å². The van der Waals surface area contributed by atoms with Crippen LogP contribution >= 0.6 is 0 Å². The molecule has 1 fully saturated rings. The van der Waals surface area contributed by atoms with Crippen molar-refractivity contribution in [3.05, 3.63) is 47.8 Å². The summed E-state index contributed by atoms with van der Waals surface area (Å²) in [5, 5.41) is 6.97. The van der Waals surface area contributed by atoms with Crippen molar-refractivity contribution in [3.8, 4) is 0 Å². The third-order valence-electron chi connectivity index (χ3n) is 4.79. The Kier molecular flexibility index (Phi) is 6.28. The zero-order valence-electron chi connectivity index (χ0n) is 15.6. The molecule has 0 unspecified atom stereocenters. The molecule has 0 spiro atoms. The van der Waals surface area contributed by atoms with Gasteiger partial charge in [-0.05, 0) is 49.9 Å². The van der Waals surface area contributed by atoms with Crippen molar-refractivity contribution in [1.29, 1.82) is 0 Å². The summed E-state index contributed by atoms with van der Waals surface area (Å²) in [6.45, 7) is 4.08. The van der Waals surface area contributed by atoms with Crippen molar-refractivity contribution in [2.24, 2.45) is 0 Å². The van der Waals surface area contributed by atoms with Crippen LogP contribution in [0, 0.1) is 6.92 Å². The van der Waals surface area contributed by atoms with Gasteiger partial charge < -0.3 is 5.32 Å². The van der Waals surface area contributed by atoms with E-state index < -0.39 is 10.0 Å². The highest BCUT2D eigenvalue weighted by molar-refractivity contribution is 7.89. The summed E-state index contributed by atoms with van der Waals surface area (Å²) in [5.74, 6) is -0.259. The molecule has 1 aromatic heterocycles. The smallest absolute Gasteiger partial charge is 0.251 e. The van der Waals surface area contributed by atoms with Crippen LogP contribution in [0.2, 0.25) is 0 Å². The molecule has 1 N–H and O–H groups in total. The number of benzene rings is 1. The van der Waals surface area contributed by atoms with Gasteiger partial charge in [0.25, 0.3) is 5.91 Å². The van der Waals surface area contributed by atoms with E-state index in [4.69, 9.17) is 0 Å². The summed E-state index contributed by atoms with van der Waals surface area (Å²) in [5.41, 5.74) is 1.03. The third-order valence-corrected chi connectivity index (χ3v) is 6.83. The average Bonchev–Trinajstić information content (AvgIpc) is 3.19. The molecule has 2 heterocycles. The molecule has 0 bridgehead atoms. The number of nitrogens with zero attached hydrogens (tertiary/aromatic N) is 3. The van der Waals surface area contributed by atoms with Gasteiger partial charge in [-0.3, -0.25) is 9.48 Å². The molecule has 8 heteroatoms. The molecule has 146 valence electrons. The average molecular weight is 391 g/mol. The number of nitrogens with one attached hydrogen (secondary N) is 1. The Morgan fingerprint density at radius 1 is 1.22 bits per heavy atom. The van der Waals surface area contributed by atoms with Crippen molar-refractivity contribution in [2.75, 3.05) is 19.6 Å². The lowest BCUT2D eigenvalue weighted by Crippen LogP contribution is -2.36. The standard InChI is InChI=1S/C19H26N4O3S/c1-16-7-8-17(19(24)20-9-5-11-22-12-6-10-21-22)15-18(16)27(25,26)23-13-3-2-4-14-23/h6-8,10,12,15H,2-5,9,11,13-14H2,1H3,(H,20,24). The molecule has 0 atom stereocenters. The van der Waals surface area contributed by atoms with Gasteiger partial charge in [0.1, 0.15) is 0 Å². The Bertz CT molecular complexity index is 872. The largest absolute Gasteiger partial charge is 0.352 e. The molecule has 0 radical (unpaired) electrons. The van der Waals surface area contributed by atoms with Crippen LogP contribution in [0.4, 0.5) is 0 Å². The van der Waals surface area contributed by atoms with Gasteiger partial charge in [-0.2, -0.15) is 9.40 Å². The minimum atomic E-state index is -3.56. The van der Waals surface area contributed by atoms with E-state index in [0.29, 0.717) is 30.8 Å². The van der Waals surface area contributed by atoms with Crippen molar-refractivity contribution < 1.29 is 13.2 Å². The van der Waals surface area contributed by atoms with E-state index in [-0.39, 0.29) is 10.8 Å². The lowest BCUT2D eigenvalue weighted by Gasteiger charge is -2.26. The zero-order chi connectivity index (χ0) is 19.3. The predicted octanol–water partition coefficient (Wildman–Crippen LogP) is 2.19. The van der Waals surface area contributed by atoms with Crippen molar-refractivity contribution >= 4 is 15.9 Å². The van der Waals surface area contributed by atoms with Crippen molar-refractivity contribution in [2.45, 2.75) is 44.0 Å². The summed E-state index contributed by atoms with van der Waals surface area (Å²) in [6.07, 6.45) is 7.17. The molecular weight excluding hydrogens is 364 g/mol. The van der Waals surface area contributed by atoms with Gasteiger partial charge >= 0.3 is 0 Å². The fourth-order valence-electron chi connectivity index (χ4n) is 3.24. The summed E-state index contributed by atoms with van der Waals surface area (Å²) >= 11 is 0. The van der Waals surface area contributed by atoms with E-state index in [9.17, 15) is 13.2 Å². The van der Waals surface area contributed by atoms with E-state index in [1.165, 1.54) is 10.4 Å². The molecule has 27 heavy (non-hydrogen) atoms. The van der Waals surface area contributed by atoms with Crippen LogP contribution in [0.25, 0.3) is 0 Å². The first-order valence-corrected chi connectivity index (χ1v) is 10.8. The number of hydrogen-bond donors (Lipinski definition) is 1. The Morgan fingerprint density at radius 3 is 2.70 bits per heavy atom. The van der Waals surface area contributed by atoms with Gasteiger partial charge in [-0.15, -0.1) is 0 Å². The van der Waals surface area contributed by atoms with Crippen molar-refractivity contribution in [1.82, 2.24) is 19.4 Å². The molecule has 1 amide bonds. The molecule has 1 saturated heterocycles. The zero-order valence-corrected chi connectivity index (χ0v) is 16.4. The first-order valence-electron chi connectivity index (χ1n) is 9.35. The predicted molar refractivity (Wildman–Crippen MR) is 103 cm³/mol. The molecule has 1 aromatic carbocycles. The van der Waals surface area contributed by atoms with Gasteiger partial charge in [-0.1, -0.05) is 12.5 Å². The summed E-state index contributed by atoms with van der Waals surface area (Å²) in [6, 6.07) is 6.74. The second-order valence-corrected chi connectivity index (χ2v) is 8.73. The molecule has 7 nitrogen and oxygen atoms in total. The lowest BCUT2D eigenvalue weighted by molar-refractivity contribution is 0.0952. The van der Waals surface area contributed by atoms with E-state index in [0.717, 1.165) is 32.2 Å². The SMILES string of the molecule is Cc1ccc(C(=O)NCCCn2cccn2)cc1S(=O)(=O)N1CCCCC1. The Morgan fingerprint density at radius 2 is 2.00 bits per heavy atom. The topological polar surface area (TPSA) is 84.3 Å². The number of aryl methyl sites for hydroxylation is 2. The van der Waals surface area contributed by atoms with Crippen LogP contribution in [-0.2, 0) is 16.6 Å². The van der Waals surface area contributed by atoms with Gasteiger partial charge in [0, 0.05) is 44.1 Å². The van der Waals surface area contributed by atoms with Crippen LogP contribution < -0.4 is 5.32 Å². The molecule has 2 aromatic rings. The highest BCUT2D eigenvalue weighted by Crippen LogP contribution is 2.24. The molecule has 1 aliphatic rings. The van der Waals surface area contributed by atoms with Gasteiger partial charge in [0.2, 0.25) is 10.0 Å². The number of sulfonamides is 1. The van der Waals surface area contributed by atoms with Crippen LogP contribution in [-0.4, -0.2) is 48.0 Å². The second-order valence-electron chi connectivity index (χ2n) is 6.82. The first kappa shape index (κ1) is 19.6. The van der Waals surface area contributed by atoms with Crippen LogP contribution in [0.3, 0.4) is 0 Å². The summed E-state index contributed by atoms with van der Waals surface area (Å²) < 4.78 is 29.3. The molecule has 1 aliphatic heterocycles. The fourth-order valence-corrected chi connectivity index (χ4v) is 5.01. The number of rotatable bonds is 7. The van der Waals surface area contributed by atoms with Gasteiger partial charge in [-0.25, -0.2) is 8.42 Å². The Hall–Kier alpha value is -2.19. The van der Waals surface area contributed by atoms with Gasteiger partial charge in [0.05, 0.1) is 4.90 Å². The lowest BCUT2D eigenvalue weighted by atomic mass is 10.1. The second kappa shape index (κ2) is 8.67. The minimum absolute atomic E-state index is 0.230. The van der Waals surface area contributed by atoms with E-state index in [2.05, 4.69) is 10.4 Å². The number of piperidine rings is 1. The molecule has 0 aliphatic carbocycles. The first-order chi connectivity index (χ1) is 13.0. The Balaban J connectivity index is 1.65. The van der Waals surface area contributed by atoms with Crippen LogP contribution in [0.5, 0.6) is 0 Å². The number of hydrogen-bond acceptors (Lipinski definition) is 4. The number of carbonyl (C=O) groups is 1. The third kappa shape index (κ3) is 4.75. The van der Waals surface area contributed by atoms with E-state index in [1.807, 2.05) is 12.3 Å². The normalized spacial score (nSPS) is 15.6.